The summed E-state index contributed by atoms with van der Waals surface area (Å²) in [6, 6.07) is 0. The van der Waals surface area contributed by atoms with E-state index in [1.54, 1.807) is 0 Å². The van der Waals surface area contributed by atoms with Gasteiger partial charge in [0, 0.05) is 24.8 Å². The van der Waals surface area contributed by atoms with Gasteiger partial charge in [0.2, 0.25) is 11.7 Å². The minimum Gasteiger partial charge on any atom is -0.458 e. The first kappa shape index (κ1) is 28.5. The molecule has 3 unspecified atom stereocenters. The fraction of sp³-hybridized carbons (Fsp3) is 0.812. The number of allylic oxidation sites excluding steroid dienone is 1. The molecular weight excluding hydrogens is 494 g/mol. The molecule has 5 aliphatic carbocycles. The highest BCUT2D eigenvalue weighted by Crippen LogP contribution is 2.67. The molecule has 0 heterocycles. The van der Waals surface area contributed by atoms with Crippen LogP contribution in [0.1, 0.15) is 110 Å². The summed E-state index contributed by atoms with van der Waals surface area (Å²) in [5.41, 5.74) is -0.692. The first-order valence-corrected chi connectivity index (χ1v) is 15.5. The Morgan fingerprint density at radius 3 is 2.46 bits per heavy atom. The van der Waals surface area contributed by atoms with Gasteiger partial charge in [0.05, 0.1) is 6.42 Å². The van der Waals surface area contributed by atoms with Crippen molar-refractivity contribution in [3.8, 4) is 0 Å². The fourth-order valence-electron chi connectivity index (χ4n) is 9.32. The number of carbonyl (C=O) groups excluding carboxylic acids is 4. The van der Waals surface area contributed by atoms with Crippen LogP contribution in [0.2, 0.25) is 0 Å². The number of amides is 1. The van der Waals surface area contributed by atoms with Crippen molar-refractivity contribution in [2.24, 2.45) is 34.5 Å². The summed E-state index contributed by atoms with van der Waals surface area (Å²) in [4.78, 5) is 50.0. The molecule has 0 saturated heterocycles. The van der Waals surface area contributed by atoms with Crippen molar-refractivity contribution in [2.75, 3.05) is 13.2 Å². The number of ketones is 2. The number of hydrogen-bond acceptors (Lipinski definition) is 6. The first-order chi connectivity index (χ1) is 18.6. The quantitative estimate of drug-likeness (QED) is 0.426. The number of ether oxygens (including phenoxy) is 1. The molecule has 1 amide bonds. The monoisotopic (exact) mass is 541 g/mol. The lowest BCUT2D eigenvalue weighted by atomic mass is 9.46. The SMILES string of the molecule is C[C@]12CCC(=O)C=C1CCC1C2CC[C@@]2(C)C1CC[C@]2(O)C(=O)COC(=O)CCC(=O)NCC1CCCCC1. The van der Waals surface area contributed by atoms with Crippen LogP contribution in [0.4, 0.5) is 0 Å². The largest absolute Gasteiger partial charge is 0.458 e. The number of fused-ring (bicyclic) bond motifs is 5. The van der Waals surface area contributed by atoms with Crippen molar-refractivity contribution < 1.29 is 29.0 Å². The average Bonchev–Trinajstić information content (AvgIpc) is 3.21. The van der Waals surface area contributed by atoms with Crippen LogP contribution in [0.3, 0.4) is 0 Å². The molecule has 2 N–H and O–H groups in total. The Labute approximate surface area is 232 Å². The number of hydrogen-bond donors (Lipinski definition) is 2. The number of rotatable bonds is 8. The minimum atomic E-state index is -1.50. The lowest BCUT2D eigenvalue weighted by molar-refractivity contribution is -0.170. The van der Waals surface area contributed by atoms with E-state index in [-0.39, 0.29) is 35.9 Å². The molecule has 7 heteroatoms. The molecule has 0 aromatic heterocycles. The van der Waals surface area contributed by atoms with Gasteiger partial charge in [0.25, 0.3) is 0 Å². The molecule has 216 valence electrons. The Morgan fingerprint density at radius 1 is 0.949 bits per heavy atom. The van der Waals surface area contributed by atoms with E-state index in [9.17, 15) is 24.3 Å². The number of aliphatic hydroxyl groups is 1. The Balaban J connectivity index is 1.13. The van der Waals surface area contributed by atoms with Crippen LogP contribution in [0, 0.1) is 34.5 Å². The van der Waals surface area contributed by atoms with Crippen LogP contribution < -0.4 is 5.32 Å². The summed E-state index contributed by atoms with van der Waals surface area (Å²) in [6.45, 7) is 4.61. The van der Waals surface area contributed by atoms with Crippen molar-refractivity contribution in [2.45, 2.75) is 116 Å². The molecule has 0 spiro atoms. The third-order valence-electron chi connectivity index (χ3n) is 11.8. The highest BCUT2D eigenvalue weighted by atomic mass is 16.5. The van der Waals surface area contributed by atoms with Crippen molar-refractivity contribution in [3.05, 3.63) is 11.6 Å². The lowest BCUT2D eigenvalue weighted by Gasteiger charge is -2.58. The summed E-state index contributed by atoms with van der Waals surface area (Å²) < 4.78 is 5.29. The molecule has 0 aromatic carbocycles. The zero-order valence-corrected chi connectivity index (χ0v) is 23.9. The average molecular weight is 542 g/mol. The maximum atomic E-state index is 13.4. The number of Topliss-reactive ketones (excluding diaryl/α,β-unsaturated/α-hetero) is 1. The summed E-state index contributed by atoms with van der Waals surface area (Å²) >= 11 is 0. The molecule has 4 fully saturated rings. The Bertz CT molecular complexity index is 1030. The second-order valence-electron chi connectivity index (χ2n) is 13.7. The van der Waals surface area contributed by atoms with Crippen molar-refractivity contribution in [1.82, 2.24) is 5.32 Å². The third-order valence-corrected chi connectivity index (χ3v) is 11.8. The van der Waals surface area contributed by atoms with Gasteiger partial charge in [-0.15, -0.1) is 0 Å². The van der Waals surface area contributed by atoms with E-state index >= 15 is 0 Å². The van der Waals surface area contributed by atoms with Crippen LogP contribution >= 0.6 is 0 Å². The van der Waals surface area contributed by atoms with Crippen molar-refractivity contribution in [1.29, 1.82) is 0 Å². The standard InChI is InChI=1S/C32H47NO6/c1-30-15-12-23(34)18-22(30)8-9-24-25(30)13-16-31(2)26(24)14-17-32(31,38)27(35)20-39-29(37)11-10-28(36)33-19-21-6-4-3-5-7-21/h18,21,24-26,38H,3-17,19-20H2,1-2H3,(H,33,36)/t24?,25?,26?,30-,31-,32-/m0/s1. The second-order valence-corrected chi connectivity index (χ2v) is 13.7. The van der Waals surface area contributed by atoms with Crippen LogP contribution in [-0.2, 0) is 23.9 Å². The lowest BCUT2D eigenvalue weighted by Crippen LogP contribution is -2.58. The number of carbonyl (C=O) groups is 4. The summed E-state index contributed by atoms with van der Waals surface area (Å²) in [5.74, 6) is 0.774. The van der Waals surface area contributed by atoms with Crippen LogP contribution in [-0.4, -0.2) is 47.3 Å². The summed E-state index contributed by atoms with van der Waals surface area (Å²) in [5, 5.41) is 14.7. The molecular formula is C32H47NO6. The molecule has 4 saturated carbocycles. The predicted octanol–water partition coefficient (Wildman–Crippen LogP) is 4.84. The predicted molar refractivity (Wildman–Crippen MR) is 146 cm³/mol. The number of esters is 1. The van der Waals surface area contributed by atoms with E-state index in [2.05, 4.69) is 19.2 Å². The van der Waals surface area contributed by atoms with E-state index in [1.807, 2.05) is 6.08 Å². The van der Waals surface area contributed by atoms with Gasteiger partial charge >= 0.3 is 5.97 Å². The van der Waals surface area contributed by atoms with Gasteiger partial charge in [-0.25, -0.2) is 0 Å². The molecule has 0 bridgehead atoms. The zero-order valence-electron chi connectivity index (χ0n) is 23.9. The molecule has 5 rings (SSSR count). The van der Waals surface area contributed by atoms with Gasteiger partial charge in [-0.3, -0.25) is 19.2 Å². The van der Waals surface area contributed by atoms with Crippen molar-refractivity contribution >= 4 is 23.4 Å². The van der Waals surface area contributed by atoms with Crippen LogP contribution in [0.15, 0.2) is 11.6 Å². The fourth-order valence-corrected chi connectivity index (χ4v) is 9.32. The second kappa shape index (κ2) is 11.1. The number of nitrogens with one attached hydrogen (secondary N) is 1. The maximum Gasteiger partial charge on any atom is 0.306 e. The Kier molecular flexibility index (Phi) is 8.11. The van der Waals surface area contributed by atoms with E-state index < -0.39 is 29.4 Å². The van der Waals surface area contributed by atoms with Crippen molar-refractivity contribution in [3.63, 3.8) is 0 Å². The van der Waals surface area contributed by atoms with Gasteiger partial charge in [0.15, 0.2) is 12.4 Å². The minimum absolute atomic E-state index is 0.0428. The van der Waals surface area contributed by atoms with Gasteiger partial charge in [-0.2, -0.15) is 0 Å². The highest BCUT2D eigenvalue weighted by molar-refractivity contribution is 5.92. The van der Waals surface area contributed by atoms with Gasteiger partial charge in [0.1, 0.15) is 5.60 Å². The molecule has 5 aliphatic rings. The summed E-state index contributed by atoms with van der Waals surface area (Å²) in [7, 11) is 0. The molecule has 0 radical (unpaired) electrons. The molecule has 0 aromatic rings. The van der Waals surface area contributed by atoms with E-state index in [0.717, 1.165) is 51.4 Å². The normalized spacial score (nSPS) is 38.2. The van der Waals surface area contributed by atoms with Gasteiger partial charge < -0.3 is 15.2 Å². The summed E-state index contributed by atoms with van der Waals surface area (Å²) in [6.07, 6.45) is 14.2. The van der Waals surface area contributed by atoms with Crippen LogP contribution in [0.5, 0.6) is 0 Å². The van der Waals surface area contributed by atoms with E-state index in [4.69, 9.17) is 4.74 Å². The topological polar surface area (TPSA) is 110 Å². The van der Waals surface area contributed by atoms with E-state index in [0.29, 0.717) is 37.1 Å². The van der Waals surface area contributed by atoms with Gasteiger partial charge in [-0.05, 0) is 93.0 Å². The van der Waals surface area contributed by atoms with E-state index in [1.165, 1.54) is 24.8 Å². The highest BCUT2D eigenvalue weighted by Gasteiger charge is 2.66. The Morgan fingerprint density at radius 2 is 1.69 bits per heavy atom. The molecule has 0 aliphatic heterocycles. The third kappa shape index (κ3) is 5.25. The molecule has 39 heavy (non-hydrogen) atoms. The van der Waals surface area contributed by atoms with Gasteiger partial charge in [-0.1, -0.05) is 38.7 Å². The molecule has 7 nitrogen and oxygen atoms in total. The first-order valence-electron chi connectivity index (χ1n) is 15.5. The zero-order chi connectivity index (χ0) is 27.8. The van der Waals surface area contributed by atoms with Crippen LogP contribution in [0.25, 0.3) is 0 Å². The smallest absolute Gasteiger partial charge is 0.306 e. The Hall–Kier alpha value is -2.02. The molecule has 6 atom stereocenters. The maximum absolute atomic E-state index is 13.4.